The van der Waals surface area contributed by atoms with Gasteiger partial charge in [0.2, 0.25) is 5.13 Å². The van der Waals surface area contributed by atoms with Crippen molar-refractivity contribution < 1.29 is 5.11 Å². The van der Waals surface area contributed by atoms with Gasteiger partial charge in [-0.05, 0) is 26.2 Å². The second-order valence-electron chi connectivity index (χ2n) is 4.60. The van der Waals surface area contributed by atoms with Gasteiger partial charge in [-0.1, -0.05) is 13.8 Å². The van der Waals surface area contributed by atoms with Crippen LogP contribution in [-0.4, -0.2) is 26.6 Å². The minimum atomic E-state index is -0.687. The predicted octanol–water partition coefficient (Wildman–Crippen LogP) is 2.06. The maximum absolute atomic E-state index is 10.0. The molecule has 1 aromatic heterocycles. The van der Waals surface area contributed by atoms with E-state index in [1.165, 1.54) is 11.5 Å². The zero-order valence-electron chi connectivity index (χ0n) is 9.74. The highest BCUT2D eigenvalue weighted by Crippen LogP contribution is 2.18. The summed E-state index contributed by atoms with van der Waals surface area (Å²) in [6.45, 7) is 8.41. The van der Waals surface area contributed by atoms with Crippen LogP contribution in [0.4, 0.5) is 5.13 Å². The SMILES string of the molecule is Cc1nsc(NCC(C)(O)CC(C)C)n1. The molecule has 1 heterocycles. The van der Waals surface area contributed by atoms with Crippen LogP contribution in [0.5, 0.6) is 0 Å². The number of aryl methyl sites for hydroxylation is 1. The van der Waals surface area contributed by atoms with Crippen LogP contribution in [-0.2, 0) is 0 Å². The molecule has 2 N–H and O–H groups in total. The fraction of sp³-hybridized carbons (Fsp3) is 0.800. The molecule has 0 saturated carbocycles. The molecule has 1 unspecified atom stereocenters. The Bertz CT molecular complexity index is 309. The maximum Gasteiger partial charge on any atom is 0.202 e. The first kappa shape index (κ1) is 12.4. The summed E-state index contributed by atoms with van der Waals surface area (Å²) in [6, 6.07) is 0. The summed E-state index contributed by atoms with van der Waals surface area (Å²) in [5.41, 5.74) is -0.687. The topological polar surface area (TPSA) is 58.0 Å². The van der Waals surface area contributed by atoms with Gasteiger partial charge >= 0.3 is 0 Å². The molecule has 0 spiro atoms. The third kappa shape index (κ3) is 4.57. The summed E-state index contributed by atoms with van der Waals surface area (Å²) < 4.78 is 4.06. The number of aromatic nitrogens is 2. The Kier molecular flexibility index (Phi) is 4.04. The number of nitrogens with zero attached hydrogens (tertiary/aromatic N) is 2. The van der Waals surface area contributed by atoms with Crippen molar-refractivity contribution in [3.05, 3.63) is 5.82 Å². The molecular formula is C10H19N3OS. The average molecular weight is 229 g/mol. The van der Waals surface area contributed by atoms with Crippen LogP contribution in [0.1, 0.15) is 33.0 Å². The van der Waals surface area contributed by atoms with Crippen molar-refractivity contribution >= 4 is 16.7 Å². The molecule has 0 amide bonds. The van der Waals surface area contributed by atoms with Crippen molar-refractivity contribution in [3.63, 3.8) is 0 Å². The number of nitrogens with one attached hydrogen (secondary N) is 1. The van der Waals surface area contributed by atoms with Crippen molar-refractivity contribution in [1.29, 1.82) is 0 Å². The van der Waals surface area contributed by atoms with Gasteiger partial charge in [-0.3, -0.25) is 0 Å². The van der Waals surface area contributed by atoms with Crippen LogP contribution in [0.25, 0.3) is 0 Å². The minimum absolute atomic E-state index is 0.484. The van der Waals surface area contributed by atoms with Gasteiger partial charge in [0, 0.05) is 18.1 Å². The molecule has 0 aromatic carbocycles. The van der Waals surface area contributed by atoms with E-state index in [4.69, 9.17) is 0 Å². The first-order valence-corrected chi connectivity index (χ1v) is 5.93. The quantitative estimate of drug-likeness (QED) is 0.811. The molecule has 0 aliphatic heterocycles. The first-order valence-electron chi connectivity index (χ1n) is 5.15. The van der Waals surface area contributed by atoms with E-state index in [2.05, 4.69) is 28.5 Å². The summed E-state index contributed by atoms with van der Waals surface area (Å²) >= 11 is 1.33. The van der Waals surface area contributed by atoms with Crippen LogP contribution in [0.3, 0.4) is 0 Å². The molecule has 4 nitrogen and oxygen atoms in total. The highest BCUT2D eigenvalue weighted by molar-refractivity contribution is 7.09. The molecule has 5 heteroatoms. The van der Waals surface area contributed by atoms with Crippen molar-refractivity contribution in [1.82, 2.24) is 9.36 Å². The molecule has 1 atom stereocenters. The Hall–Kier alpha value is -0.680. The van der Waals surface area contributed by atoms with Crippen LogP contribution in [0.15, 0.2) is 0 Å². The summed E-state index contributed by atoms with van der Waals surface area (Å²) in [7, 11) is 0. The van der Waals surface area contributed by atoms with Crippen LogP contribution >= 0.6 is 11.5 Å². The van der Waals surface area contributed by atoms with Gasteiger partial charge < -0.3 is 10.4 Å². The number of hydrogen-bond acceptors (Lipinski definition) is 5. The third-order valence-electron chi connectivity index (χ3n) is 2.00. The third-order valence-corrected chi connectivity index (χ3v) is 2.76. The maximum atomic E-state index is 10.0. The standard InChI is InChI=1S/C10H19N3OS/c1-7(2)5-10(4,14)6-11-9-12-8(3)13-15-9/h7,14H,5-6H2,1-4H3,(H,11,12,13). The molecule has 0 bridgehead atoms. The highest BCUT2D eigenvalue weighted by atomic mass is 32.1. The van der Waals surface area contributed by atoms with E-state index in [0.717, 1.165) is 17.4 Å². The lowest BCUT2D eigenvalue weighted by Crippen LogP contribution is -2.34. The molecule has 0 aliphatic carbocycles. The molecule has 86 valence electrons. The van der Waals surface area contributed by atoms with Crippen molar-refractivity contribution in [2.45, 2.75) is 39.7 Å². The van der Waals surface area contributed by atoms with Gasteiger partial charge in [0.15, 0.2) is 0 Å². The first-order chi connectivity index (χ1) is 6.89. The van der Waals surface area contributed by atoms with Gasteiger partial charge in [-0.15, -0.1) is 0 Å². The summed E-state index contributed by atoms with van der Waals surface area (Å²) in [4.78, 5) is 4.18. The molecule has 1 aromatic rings. The number of hydrogen-bond donors (Lipinski definition) is 2. The number of rotatable bonds is 5. The smallest absolute Gasteiger partial charge is 0.202 e. The van der Waals surface area contributed by atoms with Crippen LogP contribution in [0, 0.1) is 12.8 Å². The number of anilines is 1. The van der Waals surface area contributed by atoms with E-state index in [1.54, 1.807) is 0 Å². The molecule has 0 saturated heterocycles. The van der Waals surface area contributed by atoms with Gasteiger partial charge in [0.25, 0.3) is 0 Å². The minimum Gasteiger partial charge on any atom is -0.388 e. The molecule has 0 aliphatic rings. The second kappa shape index (κ2) is 4.90. The summed E-state index contributed by atoms with van der Waals surface area (Å²) in [5, 5.41) is 13.9. The van der Waals surface area contributed by atoms with Crippen molar-refractivity contribution in [2.24, 2.45) is 5.92 Å². The van der Waals surface area contributed by atoms with E-state index >= 15 is 0 Å². The average Bonchev–Trinajstić information content (AvgIpc) is 2.46. The van der Waals surface area contributed by atoms with Gasteiger partial charge in [-0.2, -0.15) is 4.37 Å². The van der Waals surface area contributed by atoms with Crippen molar-refractivity contribution in [3.8, 4) is 0 Å². The predicted molar refractivity (Wildman–Crippen MR) is 63.2 cm³/mol. The van der Waals surface area contributed by atoms with E-state index < -0.39 is 5.60 Å². The Morgan fingerprint density at radius 3 is 2.67 bits per heavy atom. The Balaban J connectivity index is 2.42. The largest absolute Gasteiger partial charge is 0.388 e. The van der Waals surface area contributed by atoms with Gasteiger partial charge in [0.1, 0.15) is 5.82 Å². The molecule has 0 radical (unpaired) electrons. The molecule has 1 rings (SSSR count). The van der Waals surface area contributed by atoms with E-state index in [9.17, 15) is 5.11 Å². The van der Waals surface area contributed by atoms with Gasteiger partial charge in [-0.25, -0.2) is 4.98 Å². The molecule has 0 fully saturated rings. The zero-order chi connectivity index (χ0) is 11.5. The Morgan fingerprint density at radius 2 is 2.20 bits per heavy atom. The lowest BCUT2D eigenvalue weighted by molar-refractivity contribution is 0.0515. The zero-order valence-corrected chi connectivity index (χ0v) is 10.6. The normalized spacial score (nSPS) is 15.3. The lowest BCUT2D eigenvalue weighted by atomic mass is 9.94. The number of aliphatic hydroxyl groups is 1. The molecular weight excluding hydrogens is 210 g/mol. The lowest BCUT2D eigenvalue weighted by Gasteiger charge is -2.25. The fourth-order valence-electron chi connectivity index (χ4n) is 1.59. The summed E-state index contributed by atoms with van der Waals surface area (Å²) in [6.07, 6.45) is 0.776. The fourth-order valence-corrected chi connectivity index (χ4v) is 2.16. The highest BCUT2D eigenvalue weighted by Gasteiger charge is 2.21. The van der Waals surface area contributed by atoms with E-state index in [0.29, 0.717) is 12.5 Å². The van der Waals surface area contributed by atoms with E-state index in [1.807, 2.05) is 13.8 Å². The second-order valence-corrected chi connectivity index (χ2v) is 5.35. The van der Waals surface area contributed by atoms with E-state index in [-0.39, 0.29) is 0 Å². The van der Waals surface area contributed by atoms with Crippen LogP contribution < -0.4 is 5.32 Å². The Morgan fingerprint density at radius 1 is 1.53 bits per heavy atom. The summed E-state index contributed by atoms with van der Waals surface area (Å²) in [5.74, 6) is 1.25. The molecule has 15 heavy (non-hydrogen) atoms. The van der Waals surface area contributed by atoms with Gasteiger partial charge in [0.05, 0.1) is 5.60 Å². The van der Waals surface area contributed by atoms with Crippen molar-refractivity contribution in [2.75, 3.05) is 11.9 Å². The Labute approximate surface area is 94.9 Å². The van der Waals surface area contributed by atoms with Crippen LogP contribution in [0.2, 0.25) is 0 Å². The monoisotopic (exact) mass is 229 g/mol.